The van der Waals surface area contributed by atoms with E-state index in [0.717, 1.165) is 31.6 Å². The molecule has 0 amide bonds. The zero-order valence-corrected chi connectivity index (χ0v) is 12.2. The van der Waals surface area contributed by atoms with Crippen LogP contribution in [0.5, 0.6) is 0 Å². The molecule has 6 nitrogen and oxygen atoms in total. The monoisotopic (exact) mass is 279 g/mol. The number of hydrogen-bond donors (Lipinski definition) is 1. The van der Waals surface area contributed by atoms with Gasteiger partial charge in [0.15, 0.2) is 5.69 Å². The van der Waals surface area contributed by atoms with E-state index < -0.39 is 5.97 Å². The summed E-state index contributed by atoms with van der Waals surface area (Å²) in [5.41, 5.74) is 1.03. The van der Waals surface area contributed by atoms with E-state index in [9.17, 15) is 9.90 Å². The molecule has 1 atom stereocenters. The topological polar surface area (TPSA) is 75.5 Å². The van der Waals surface area contributed by atoms with E-state index in [2.05, 4.69) is 14.9 Å². The number of aliphatic hydroxyl groups is 1. The van der Waals surface area contributed by atoms with Crippen molar-refractivity contribution in [1.82, 2.24) is 9.97 Å². The molecular formula is C14H21N3O3. The fourth-order valence-corrected chi connectivity index (χ4v) is 2.49. The number of anilines is 1. The first-order chi connectivity index (χ1) is 9.51. The van der Waals surface area contributed by atoms with Crippen molar-refractivity contribution in [2.45, 2.75) is 32.8 Å². The molecule has 1 N–H and O–H groups in total. The van der Waals surface area contributed by atoms with Crippen molar-refractivity contribution >= 4 is 11.9 Å². The maximum absolute atomic E-state index is 11.6. The van der Waals surface area contributed by atoms with Crippen LogP contribution in [0, 0.1) is 12.8 Å². The Labute approximate surface area is 118 Å². The summed E-state index contributed by atoms with van der Waals surface area (Å²) in [6.45, 7) is 5.25. The van der Waals surface area contributed by atoms with Crippen LogP contribution in [0.15, 0.2) is 6.07 Å². The molecule has 20 heavy (non-hydrogen) atoms. The summed E-state index contributed by atoms with van der Waals surface area (Å²) in [5.74, 6) is 0.446. The van der Waals surface area contributed by atoms with Gasteiger partial charge in [-0.3, -0.25) is 0 Å². The summed E-state index contributed by atoms with van der Waals surface area (Å²) in [6.07, 6.45) is 1.53. The number of aliphatic hydroxyl groups excluding tert-OH is 1. The minimum Gasteiger partial charge on any atom is -0.464 e. The quantitative estimate of drug-likeness (QED) is 0.837. The van der Waals surface area contributed by atoms with Crippen molar-refractivity contribution in [3.8, 4) is 0 Å². The summed E-state index contributed by atoms with van der Waals surface area (Å²) in [4.78, 5) is 22.3. The SMILES string of the molecule is COC(=O)c1cc(C)nc(N2CCC(C(C)O)CC2)n1. The predicted molar refractivity (Wildman–Crippen MR) is 74.7 cm³/mol. The highest BCUT2D eigenvalue weighted by atomic mass is 16.5. The lowest BCUT2D eigenvalue weighted by Crippen LogP contribution is -2.38. The van der Waals surface area contributed by atoms with Crippen molar-refractivity contribution in [2.75, 3.05) is 25.1 Å². The van der Waals surface area contributed by atoms with E-state index in [1.807, 2.05) is 13.8 Å². The molecule has 1 unspecified atom stereocenters. The zero-order chi connectivity index (χ0) is 14.7. The van der Waals surface area contributed by atoms with Crippen molar-refractivity contribution in [1.29, 1.82) is 0 Å². The maximum Gasteiger partial charge on any atom is 0.356 e. The van der Waals surface area contributed by atoms with Gasteiger partial charge in [0.25, 0.3) is 0 Å². The minimum atomic E-state index is -0.449. The minimum absolute atomic E-state index is 0.277. The number of aromatic nitrogens is 2. The van der Waals surface area contributed by atoms with Crippen molar-refractivity contribution in [2.24, 2.45) is 5.92 Å². The van der Waals surface area contributed by atoms with Crippen LogP contribution in [0.4, 0.5) is 5.95 Å². The van der Waals surface area contributed by atoms with Crippen LogP contribution < -0.4 is 4.90 Å². The molecule has 0 radical (unpaired) electrons. The molecule has 1 aromatic rings. The molecule has 0 spiro atoms. The van der Waals surface area contributed by atoms with Gasteiger partial charge >= 0.3 is 5.97 Å². The van der Waals surface area contributed by atoms with Gasteiger partial charge in [-0.1, -0.05) is 0 Å². The Morgan fingerprint density at radius 3 is 2.65 bits per heavy atom. The first kappa shape index (κ1) is 14.7. The fourth-order valence-electron chi connectivity index (χ4n) is 2.49. The fraction of sp³-hybridized carbons (Fsp3) is 0.643. The van der Waals surface area contributed by atoms with E-state index in [1.54, 1.807) is 6.07 Å². The van der Waals surface area contributed by atoms with Crippen LogP contribution in [0.2, 0.25) is 0 Å². The molecule has 1 aliphatic heterocycles. The number of esters is 1. The van der Waals surface area contributed by atoms with Gasteiger partial charge in [0.05, 0.1) is 13.2 Å². The molecule has 0 aromatic carbocycles. The second kappa shape index (κ2) is 6.17. The second-order valence-corrected chi connectivity index (χ2v) is 5.25. The summed E-state index contributed by atoms with van der Waals surface area (Å²) in [6, 6.07) is 1.62. The van der Waals surface area contributed by atoms with Crippen molar-refractivity contribution in [3.63, 3.8) is 0 Å². The lowest BCUT2D eigenvalue weighted by molar-refractivity contribution is 0.0593. The van der Waals surface area contributed by atoms with Gasteiger partial charge in [0.2, 0.25) is 5.95 Å². The number of rotatable bonds is 3. The average Bonchev–Trinajstić information content (AvgIpc) is 2.45. The summed E-state index contributed by atoms with van der Waals surface area (Å²) in [5, 5.41) is 9.62. The number of methoxy groups -OCH3 is 1. The standard InChI is InChI=1S/C14H21N3O3/c1-9-8-12(13(19)20-3)16-14(15-9)17-6-4-11(5-7-17)10(2)18/h8,10-11,18H,4-7H2,1-3H3. The molecule has 0 saturated carbocycles. The number of piperidine rings is 1. The van der Waals surface area contributed by atoms with Gasteiger partial charge < -0.3 is 14.7 Å². The molecule has 2 rings (SSSR count). The second-order valence-electron chi connectivity index (χ2n) is 5.25. The van der Waals surface area contributed by atoms with Crippen LogP contribution in [0.25, 0.3) is 0 Å². The van der Waals surface area contributed by atoms with E-state index in [-0.39, 0.29) is 11.8 Å². The van der Waals surface area contributed by atoms with E-state index in [0.29, 0.717) is 11.9 Å². The molecule has 2 heterocycles. The third-order valence-electron chi connectivity index (χ3n) is 3.74. The lowest BCUT2D eigenvalue weighted by atomic mass is 9.92. The maximum atomic E-state index is 11.6. The Morgan fingerprint density at radius 2 is 2.10 bits per heavy atom. The number of carbonyl (C=O) groups is 1. The van der Waals surface area contributed by atoms with Crippen molar-refractivity contribution in [3.05, 3.63) is 17.5 Å². The summed E-state index contributed by atoms with van der Waals surface area (Å²) >= 11 is 0. The number of aryl methyl sites for hydroxylation is 1. The van der Waals surface area contributed by atoms with Crippen LogP contribution in [0.1, 0.15) is 35.9 Å². The van der Waals surface area contributed by atoms with Gasteiger partial charge in [-0.15, -0.1) is 0 Å². The largest absolute Gasteiger partial charge is 0.464 e. The predicted octanol–water partition coefficient (Wildman–Crippen LogP) is 1.17. The Bertz CT molecular complexity index is 483. The molecule has 1 saturated heterocycles. The Kier molecular flexibility index (Phi) is 4.54. The van der Waals surface area contributed by atoms with E-state index >= 15 is 0 Å². The number of carbonyl (C=O) groups excluding carboxylic acids is 1. The number of nitrogens with zero attached hydrogens (tertiary/aromatic N) is 3. The van der Waals surface area contributed by atoms with Gasteiger partial charge in [0, 0.05) is 18.8 Å². The highest BCUT2D eigenvalue weighted by molar-refractivity contribution is 5.87. The van der Waals surface area contributed by atoms with Crippen molar-refractivity contribution < 1.29 is 14.6 Å². The van der Waals surface area contributed by atoms with E-state index in [4.69, 9.17) is 4.74 Å². The third kappa shape index (κ3) is 3.25. The molecule has 0 aliphatic carbocycles. The van der Waals surface area contributed by atoms with Crippen LogP contribution in [0.3, 0.4) is 0 Å². The molecule has 0 bridgehead atoms. The first-order valence-electron chi connectivity index (χ1n) is 6.88. The summed E-state index contributed by atoms with van der Waals surface area (Å²) < 4.78 is 4.70. The van der Waals surface area contributed by atoms with Crippen LogP contribution in [-0.2, 0) is 4.74 Å². The molecule has 1 aliphatic rings. The lowest BCUT2D eigenvalue weighted by Gasteiger charge is -2.33. The number of ether oxygens (including phenoxy) is 1. The number of hydrogen-bond acceptors (Lipinski definition) is 6. The van der Waals surface area contributed by atoms with E-state index in [1.165, 1.54) is 7.11 Å². The average molecular weight is 279 g/mol. The molecule has 6 heteroatoms. The molecule has 1 aromatic heterocycles. The highest BCUT2D eigenvalue weighted by Gasteiger charge is 2.24. The Balaban J connectivity index is 2.13. The normalized spacial score (nSPS) is 17.9. The van der Waals surface area contributed by atoms with Gasteiger partial charge in [-0.2, -0.15) is 0 Å². The van der Waals surface area contributed by atoms with Gasteiger partial charge in [0.1, 0.15) is 0 Å². The zero-order valence-electron chi connectivity index (χ0n) is 12.2. The molecule has 1 fully saturated rings. The first-order valence-corrected chi connectivity index (χ1v) is 6.88. The summed E-state index contributed by atoms with van der Waals surface area (Å²) in [7, 11) is 1.34. The van der Waals surface area contributed by atoms with Crippen LogP contribution >= 0.6 is 0 Å². The van der Waals surface area contributed by atoms with Gasteiger partial charge in [-0.25, -0.2) is 14.8 Å². The molecular weight excluding hydrogens is 258 g/mol. The highest BCUT2D eigenvalue weighted by Crippen LogP contribution is 2.23. The van der Waals surface area contributed by atoms with Crippen LogP contribution in [-0.4, -0.2) is 47.3 Å². The smallest absolute Gasteiger partial charge is 0.356 e. The van der Waals surface area contributed by atoms with Gasteiger partial charge in [-0.05, 0) is 38.7 Å². The Hall–Kier alpha value is -1.69. The Morgan fingerprint density at radius 1 is 1.45 bits per heavy atom. The third-order valence-corrected chi connectivity index (χ3v) is 3.74. The molecule has 110 valence electrons.